The summed E-state index contributed by atoms with van der Waals surface area (Å²) in [4.78, 5) is 12.1. The van der Waals surface area contributed by atoms with Gasteiger partial charge in [0.1, 0.15) is 0 Å². The van der Waals surface area contributed by atoms with E-state index in [9.17, 15) is 4.79 Å². The minimum atomic E-state index is 0.287. The number of halogens is 1. The van der Waals surface area contributed by atoms with E-state index in [0.29, 0.717) is 10.7 Å². The first kappa shape index (κ1) is 10.5. The third-order valence-corrected chi connectivity index (χ3v) is 4.53. The molecule has 0 aromatic heterocycles. The Bertz CT molecular complexity index is 221. The number of alkyl halides is 1. The van der Waals surface area contributed by atoms with Gasteiger partial charge < -0.3 is 5.32 Å². The number of rotatable bonds is 4. The zero-order valence-corrected chi connectivity index (χ0v) is 10.2. The Morgan fingerprint density at radius 1 is 1.43 bits per heavy atom. The number of fused-ring (bicyclic) bond motifs is 1. The molecule has 0 heterocycles. The van der Waals surface area contributed by atoms with E-state index in [2.05, 4.69) is 28.2 Å². The minimum absolute atomic E-state index is 0.287. The van der Waals surface area contributed by atoms with Gasteiger partial charge >= 0.3 is 0 Å². The summed E-state index contributed by atoms with van der Waals surface area (Å²) in [5, 5.41) is 3.03. The second-order valence-corrected chi connectivity index (χ2v) is 5.97. The molecule has 0 spiro atoms. The third kappa shape index (κ3) is 2.30. The highest BCUT2D eigenvalue weighted by molar-refractivity contribution is 9.09. The van der Waals surface area contributed by atoms with Crippen molar-refractivity contribution in [2.75, 3.05) is 6.54 Å². The Labute approximate surface area is 94.0 Å². The highest BCUT2D eigenvalue weighted by atomic mass is 79.9. The highest BCUT2D eigenvalue weighted by Crippen LogP contribution is 2.54. The van der Waals surface area contributed by atoms with Crippen molar-refractivity contribution in [1.82, 2.24) is 5.32 Å². The summed E-state index contributed by atoms with van der Waals surface area (Å²) in [6.45, 7) is 2.90. The Hall–Kier alpha value is -0.0500. The van der Waals surface area contributed by atoms with Crippen molar-refractivity contribution in [2.45, 2.75) is 37.4 Å². The summed E-state index contributed by atoms with van der Waals surface area (Å²) < 4.78 is 0. The van der Waals surface area contributed by atoms with Crippen LogP contribution in [-0.2, 0) is 4.79 Å². The van der Waals surface area contributed by atoms with Crippen LogP contribution >= 0.6 is 15.9 Å². The van der Waals surface area contributed by atoms with Crippen molar-refractivity contribution in [3.63, 3.8) is 0 Å². The van der Waals surface area contributed by atoms with Crippen LogP contribution < -0.4 is 5.32 Å². The van der Waals surface area contributed by atoms with E-state index in [1.54, 1.807) is 0 Å². The van der Waals surface area contributed by atoms with Crippen LogP contribution in [0, 0.1) is 17.8 Å². The van der Waals surface area contributed by atoms with Crippen LogP contribution in [0.3, 0.4) is 0 Å². The number of hydrogen-bond donors (Lipinski definition) is 1. The summed E-state index contributed by atoms with van der Waals surface area (Å²) in [6.07, 6.45) is 4.75. The Balaban J connectivity index is 1.68. The van der Waals surface area contributed by atoms with E-state index < -0.39 is 0 Å². The maximum atomic E-state index is 11.7. The molecule has 0 bridgehead atoms. The lowest BCUT2D eigenvalue weighted by molar-refractivity contribution is -0.125. The molecule has 2 rings (SSSR count). The summed E-state index contributed by atoms with van der Waals surface area (Å²) in [5.74, 6) is 2.42. The Kier molecular flexibility index (Phi) is 3.15. The average molecular weight is 260 g/mol. The number of carbonyl (C=O) groups is 1. The van der Waals surface area contributed by atoms with Gasteiger partial charge in [-0.05, 0) is 37.5 Å². The van der Waals surface area contributed by atoms with Crippen LogP contribution in [-0.4, -0.2) is 17.3 Å². The lowest BCUT2D eigenvalue weighted by Gasteiger charge is -2.14. The van der Waals surface area contributed by atoms with E-state index in [1.807, 2.05) is 0 Å². The lowest BCUT2D eigenvalue weighted by atomic mass is 10.0. The van der Waals surface area contributed by atoms with Crippen molar-refractivity contribution in [3.8, 4) is 0 Å². The van der Waals surface area contributed by atoms with Crippen LogP contribution in [0.15, 0.2) is 0 Å². The SMILES string of the molecule is CCC(Br)CNC(=O)C1CC2CC2C1. The lowest BCUT2D eigenvalue weighted by Crippen LogP contribution is -2.34. The monoisotopic (exact) mass is 259 g/mol. The molecule has 2 saturated carbocycles. The topological polar surface area (TPSA) is 29.1 Å². The molecule has 1 N–H and O–H groups in total. The van der Waals surface area contributed by atoms with Gasteiger partial charge in [0.2, 0.25) is 5.91 Å². The Morgan fingerprint density at radius 3 is 2.64 bits per heavy atom. The highest BCUT2D eigenvalue weighted by Gasteiger charge is 2.47. The van der Waals surface area contributed by atoms with Gasteiger partial charge in [0, 0.05) is 17.3 Å². The van der Waals surface area contributed by atoms with Gasteiger partial charge in [0.05, 0.1) is 0 Å². The van der Waals surface area contributed by atoms with Crippen molar-refractivity contribution in [2.24, 2.45) is 17.8 Å². The molecule has 3 unspecified atom stereocenters. The fourth-order valence-corrected chi connectivity index (χ4v) is 2.59. The normalized spacial score (nSPS) is 36.3. The maximum Gasteiger partial charge on any atom is 0.223 e. The average Bonchev–Trinajstić information content (AvgIpc) is 2.81. The third-order valence-electron chi connectivity index (χ3n) is 3.56. The summed E-state index contributed by atoms with van der Waals surface area (Å²) in [6, 6.07) is 0. The van der Waals surface area contributed by atoms with Crippen LogP contribution in [0.4, 0.5) is 0 Å². The number of carbonyl (C=O) groups excluding carboxylic acids is 1. The van der Waals surface area contributed by atoms with E-state index >= 15 is 0 Å². The van der Waals surface area contributed by atoms with Gasteiger partial charge in [-0.3, -0.25) is 4.79 Å². The van der Waals surface area contributed by atoms with E-state index in [0.717, 1.165) is 37.6 Å². The molecule has 0 aromatic carbocycles. The zero-order valence-electron chi connectivity index (χ0n) is 8.63. The maximum absolute atomic E-state index is 11.7. The summed E-state index contributed by atoms with van der Waals surface area (Å²) >= 11 is 3.52. The quantitative estimate of drug-likeness (QED) is 0.772. The van der Waals surface area contributed by atoms with Gasteiger partial charge in [-0.1, -0.05) is 22.9 Å². The molecule has 2 aliphatic carbocycles. The van der Waals surface area contributed by atoms with E-state index in [4.69, 9.17) is 0 Å². The van der Waals surface area contributed by atoms with Crippen molar-refractivity contribution in [1.29, 1.82) is 0 Å². The first-order chi connectivity index (χ1) is 6.70. The largest absolute Gasteiger partial charge is 0.355 e. The zero-order chi connectivity index (χ0) is 10.1. The molecule has 14 heavy (non-hydrogen) atoms. The van der Waals surface area contributed by atoms with Gasteiger partial charge in [0.15, 0.2) is 0 Å². The van der Waals surface area contributed by atoms with Crippen LogP contribution in [0.25, 0.3) is 0 Å². The first-order valence-corrected chi connectivity index (χ1v) is 6.54. The first-order valence-electron chi connectivity index (χ1n) is 5.62. The number of amides is 1. The molecular weight excluding hydrogens is 242 g/mol. The second kappa shape index (κ2) is 4.21. The van der Waals surface area contributed by atoms with E-state index in [-0.39, 0.29) is 5.91 Å². The molecule has 0 aromatic rings. The van der Waals surface area contributed by atoms with Crippen molar-refractivity contribution in [3.05, 3.63) is 0 Å². The molecule has 2 aliphatic rings. The van der Waals surface area contributed by atoms with Crippen molar-refractivity contribution >= 4 is 21.8 Å². The van der Waals surface area contributed by atoms with Crippen LogP contribution in [0.5, 0.6) is 0 Å². The Morgan fingerprint density at radius 2 is 2.07 bits per heavy atom. The fraction of sp³-hybridized carbons (Fsp3) is 0.909. The summed E-state index contributed by atoms with van der Waals surface area (Å²) in [5.41, 5.74) is 0. The molecule has 0 radical (unpaired) electrons. The molecule has 3 heteroatoms. The second-order valence-electron chi connectivity index (χ2n) is 4.67. The molecule has 2 nitrogen and oxygen atoms in total. The van der Waals surface area contributed by atoms with Gasteiger partial charge in [0.25, 0.3) is 0 Å². The van der Waals surface area contributed by atoms with Gasteiger partial charge in [-0.2, -0.15) is 0 Å². The molecule has 1 amide bonds. The standard InChI is InChI=1S/C11H18BrNO/c1-2-10(12)6-13-11(14)9-4-7-3-8(7)5-9/h7-10H,2-6H2,1H3,(H,13,14). The molecule has 80 valence electrons. The smallest absolute Gasteiger partial charge is 0.223 e. The molecule has 0 aliphatic heterocycles. The fourth-order valence-electron chi connectivity index (χ4n) is 2.43. The predicted octanol–water partition coefficient (Wildman–Crippen LogP) is 2.32. The van der Waals surface area contributed by atoms with Crippen LogP contribution in [0.2, 0.25) is 0 Å². The molecular formula is C11H18BrNO. The molecule has 2 fully saturated rings. The van der Waals surface area contributed by atoms with Gasteiger partial charge in [-0.15, -0.1) is 0 Å². The molecule has 3 atom stereocenters. The van der Waals surface area contributed by atoms with Crippen molar-refractivity contribution < 1.29 is 4.79 Å². The number of hydrogen-bond acceptors (Lipinski definition) is 1. The number of nitrogens with one attached hydrogen (secondary N) is 1. The minimum Gasteiger partial charge on any atom is -0.355 e. The van der Waals surface area contributed by atoms with Gasteiger partial charge in [-0.25, -0.2) is 0 Å². The summed E-state index contributed by atoms with van der Waals surface area (Å²) in [7, 11) is 0. The predicted molar refractivity (Wildman–Crippen MR) is 60.3 cm³/mol. The van der Waals surface area contributed by atoms with Crippen LogP contribution in [0.1, 0.15) is 32.6 Å². The molecule has 0 saturated heterocycles. The van der Waals surface area contributed by atoms with E-state index in [1.165, 1.54) is 6.42 Å².